The van der Waals surface area contributed by atoms with E-state index >= 15 is 0 Å². The van der Waals surface area contributed by atoms with Gasteiger partial charge in [0.05, 0.1) is 6.10 Å². The largest absolute Gasteiger partial charge is 0.454 e. The van der Waals surface area contributed by atoms with Crippen molar-refractivity contribution in [1.82, 2.24) is 10.2 Å². The Hall–Kier alpha value is -1.79. The zero-order valence-corrected chi connectivity index (χ0v) is 11.9. The van der Waals surface area contributed by atoms with Crippen molar-refractivity contribution in [3.63, 3.8) is 0 Å². The lowest BCUT2D eigenvalue weighted by molar-refractivity contribution is -0.132. The van der Waals surface area contributed by atoms with Gasteiger partial charge in [0.15, 0.2) is 11.5 Å². The molecule has 6 nitrogen and oxygen atoms in total. The van der Waals surface area contributed by atoms with Crippen molar-refractivity contribution in [3.05, 3.63) is 23.8 Å². The molecule has 6 heteroatoms. The van der Waals surface area contributed by atoms with Gasteiger partial charge in [0.2, 0.25) is 12.7 Å². The molecule has 1 atom stereocenters. The second-order valence-electron chi connectivity index (χ2n) is 5.39. The van der Waals surface area contributed by atoms with Gasteiger partial charge in [-0.25, -0.2) is 0 Å². The van der Waals surface area contributed by atoms with Crippen LogP contribution in [0.3, 0.4) is 0 Å². The van der Waals surface area contributed by atoms with E-state index in [4.69, 9.17) is 9.47 Å². The van der Waals surface area contributed by atoms with Crippen LogP contribution >= 0.6 is 0 Å². The van der Waals surface area contributed by atoms with Crippen molar-refractivity contribution < 1.29 is 19.4 Å². The maximum Gasteiger partial charge on any atom is 0.231 e. The minimum absolute atomic E-state index is 0.0791. The highest BCUT2D eigenvalue weighted by Crippen LogP contribution is 2.32. The van der Waals surface area contributed by atoms with E-state index in [0.29, 0.717) is 32.5 Å². The Balaban J connectivity index is 1.55. The normalized spacial score (nSPS) is 21.2. The number of nitrogens with one attached hydrogen (secondary N) is 1. The Labute approximate surface area is 123 Å². The minimum atomic E-state index is -0.484. The third-order valence-corrected chi connectivity index (χ3v) is 3.79. The molecule has 1 aromatic rings. The Kier molecular flexibility index (Phi) is 4.26. The van der Waals surface area contributed by atoms with Crippen LogP contribution in [0.4, 0.5) is 0 Å². The number of ether oxygens (including phenoxy) is 2. The molecule has 0 saturated carbocycles. The predicted molar refractivity (Wildman–Crippen MR) is 76.3 cm³/mol. The van der Waals surface area contributed by atoms with Crippen molar-refractivity contribution in [1.29, 1.82) is 0 Å². The first kappa shape index (κ1) is 14.2. The first-order valence-electron chi connectivity index (χ1n) is 7.27. The maximum absolute atomic E-state index is 12.2. The summed E-state index contributed by atoms with van der Waals surface area (Å²) >= 11 is 0. The number of aliphatic hydroxyl groups excluding tert-OH is 1. The van der Waals surface area contributed by atoms with Gasteiger partial charge in [-0.3, -0.25) is 4.79 Å². The van der Waals surface area contributed by atoms with E-state index in [1.165, 1.54) is 0 Å². The van der Waals surface area contributed by atoms with Crippen molar-refractivity contribution in [2.24, 2.45) is 0 Å². The highest BCUT2D eigenvalue weighted by Gasteiger charge is 2.20. The third-order valence-electron chi connectivity index (χ3n) is 3.79. The molecule has 0 unspecified atom stereocenters. The number of rotatable bonds is 3. The van der Waals surface area contributed by atoms with E-state index in [0.717, 1.165) is 23.6 Å². The molecule has 1 saturated heterocycles. The first-order valence-corrected chi connectivity index (χ1v) is 7.27. The summed E-state index contributed by atoms with van der Waals surface area (Å²) in [6.45, 7) is 2.60. The van der Waals surface area contributed by atoms with Crippen LogP contribution in [0.5, 0.6) is 11.5 Å². The zero-order valence-electron chi connectivity index (χ0n) is 11.9. The monoisotopic (exact) mass is 292 g/mol. The summed E-state index contributed by atoms with van der Waals surface area (Å²) in [5.41, 5.74) is 1.06. The lowest BCUT2D eigenvalue weighted by Crippen LogP contribution is -2.37. The summed E-state index contributed by atoms with van der Waals surface area (Å²) in [6, 6.07) is 5.76. The van der Waals surface area contributed by atoms with Gasteiger partial charge in [0.1, 0.15) is 0 Å². The van der Waals surface area contributed by atoms with Crippen LogP contribution in [-0.4, -0.2) is 55.0 Å². The molecule has 2 heterocycles. The lowest BCUT2D eigenvalue weighted by atomic mass is 10.1. The molecule has 2 aliphatic heterocycles. The quantitative estimate of drug-likeness (QED) is 0.829. The molecule has 0 aliphatic carbocycles. The number of hydrogen-bond donors (Lipinski definition) is 2. The average molecular weight is 292 g/mol. The fourth-order valence-corrected chi connectivity index (χ4v) is 2.63. The van der Waals surface area contributed by atoms with Crippen LogP contribution < -0.4 is 14.8 Å². The molecule has 0 aromatic heterocycles. The van der Waals surface area contributed by atoms with Crippen molar-refractivity contribution in [2.45, 2.75) is 18.9 Å². The lowest BCUT2D eigenvalue weighted by Gasteiger charge is -2.21. The number of fused-ring (bicyclic) bond motifs is 1. The van der Waals surface area contributed by atoms with Crippen LogP contribution in [0.15, 0.2) is 18.2 Å². The Morgan fingerprint density at radius 1 is 1.38 bits per heavy atom. The van der Waals surface area contributed by atoms with E-state index in [2.05, 4.69) is 5.32 Å². The predicted octanol–water partition coefficient (Wildman–Crippen LogP) is 0.141. The van der Waals surface area contributed by atoms with Gasteiger partial charge in [-0.15, -0.1) is 0 Å². The number of β-amino-alcohol motifs (C(OH)–C–C–N with tert-alkyl or cyclic N) is 1. The fraction of sp³-hybridized carbons (Fsp3) is 0.533. The van der Waals surface area contributed by atoms with E-state index < -0.39 is 6.10 Å². The third kappa shape index (κ3) is 3.46. The number of carbonyl (C=O) groups is 1. The number of amides is 1. The summed E-state index contributed by atoms with van der Waals surface area (Å²) in [7, 11) is 0. The van der Waals surface area contributed by atoms with E-state index in [-0.39, 0.29) is 12.7 Å². The van der Waals surface area contributed by atoms with Gasteiger partial charge < -0.3 is 24.8 Å². The highest BCUT2D eigenvalue weighted by atomic mass is 16.7. The summed E-state index contributed by atoms with van der Waals surface area (Å²) < 4.78 is 10.6. The molecule has 1 fully saturated rings. The number of aryl methyl sites for hydroxylation is 1. The second kappa shape index (κ2) is 6.32. The summed E-state index contributed by atoms with van der Waals surface area (Å²) in [5, 5.41) is 12.8. The molecule has 2 aliphatic rings. The molecular formula is C15H20N2O4. The van der Waals surface area contributed by atoms with Gasteiger partial charge in [-0.05, 0) is 24.1 Å². The van der Waals surface area contributed by atoms with Crippen molar-refractivity contribution in [3.8, 4) is 11.5 Å². The molecular weight excluding hydrogens is 272 g/mol. The number of aliphatic hydroxyl groups is 1. The van der Waals surface area contributed by atoms with Crippen LogP contribution in [-0.2, 0) is 11.2 Å². The maximum atomic E-state index is 12.2. The Morgan fingerprint density at radius 3 is 3.14 bits per heavy atom. The Morgan fingerprint density at radius 2 is 2.24 bits per heavy atom. The Bertz CT molecular complexity index is 520. The van der Waals surface area contributed by atoms with Gasteiger partial charge >= 0.3 is 0 Å². The summed E-state index contributed by atoms with van der Waals surface area (Å²) in [5.74, 6) is 1.58. The SMILES string of the molecule is O=C(CCc1ccc2c(c1)OCO2)N1CCNC[C@@H](O)C1. The van der Waals surface area contributed by atoms with Gasteiger partial charge in [-0.1, -0.05) is 6.07 Å². The van der Waals surface area contributed by atoms with Crippen LogP contribution in [0.25, 0.3) is 0 Å². The molecule has 21 heavy (non-hydrogen) atoms. The van der Waals surface area contributed by atoms with Crippen LogP contribution in [0.1, 0.15) is 12.0 Å². The molecule has 0 bridgehead atoms. The van der Waals surface area contributed by atoms with Crippen LogP contribution in [0.2, 0.25) is 0 Å². The molecule has 3 rings (SSSR count). The standard InChI is InChI=1S/C15H20N2O4/c18-12-8-16-5-6-17(9-12)15(19)4-2-11-1-3-13-14(7-11)21-10-20-13/h1,3,7,12,16,18H,2,4-6,8-10H2/t12-/m1/s1. The van der Waals surface area contributed by atoms with Gasteiger partial charge in [0.25, 0.3) is 0 Å². The molecule has 2 N–H and O–H groups in total. The van der Waals surface area contributed by atoms with Gasteiger partial charge in [0, 0.05) is 32.6 Å². The molecule has 0 spiro atoms. The average Bonchev–Trinajstić information content (AvgIpc) is 2.84. The minimum Gasteiger partial charge on any atom is -0.454 e. The first-order chi connectivity index (χ1) is 10.2. The second-order valence-corrected chi connectivity index (χ2v) is 5.39. The van der Waals surface area contributed by atoms with E-state index in [1.54, 1.807) is 4.90 Å². The van der Waals surface area contributed by atoms with Crippen molar-refractivity contribution >= 4 is 5.91 Å². The molecule has 1 aromatic carbocycles. The van der Waals surface area contributed by atoms with Gasteiger partial charge in [-0.2, -0.15) is 0 Å². The number of nitrogens with zero attached hydrogens (tertiary/aromatic N) is 1. The molecule has 0 radical (unpaired) electrons. The van der Waals surface area contributed by atoms with Crippen LogP contribution in [0, 0.1) is 0 Å². The number of hydrogen-bond acceptors (Lipinski definition) is 5. The van der Waals surface area contributed by atoms with Crippen molar-refractivity contribution in [2.75, 3.05) is 33.0 Å². The smallest absolute Gasteiger partial charge is 0.231 e. The molecule has 114 valence electrons. The van der Waals surface area contributed by atoms with E-state index in [9.17, 15) is 9.90 Å². The fourth-order valence-electron chi connectivity index (χ4n) is 2.63. The zero-order chi connectivity index (χ0) is 14.7. The van der Waals surface area contributed by atoms with E-state index in [1.807, 2.05) is 18.2 Å². The number of carbonyl (C=O) groups excluding carboxylic acids is 1. The number of benzene rings is 1. The summed E-state index contributed by atoms with van der Waals surface area (Å²) in [6.07, 6.45) is 0.615. The molecule has 1 amide bonds. The topological polar surface area (TPSA) is 71.0 Å². The highest BCUT2D eigenvalue weighted by molar-refractivity contribution is 5.76. The summed E-state index contributed by atoms with van der Waals surface area (Å²) in [4.78, 5) is 14.0.